The standard InChI is InChI=1S/C16H15N5O3S/c1-2-25-16-19-14(23)12(15(24)20-16)13(22)18-10-5-3-9(4-6-10)11-7-8-17-21-11/h3-7H,2,8H2,1H3,(H,18,22)(H2,19,20,23,24). The number of benzene rings is 1. The number of carbonyl (C=O) groups excluding carboxylic acids is 1. The zero-order valence-corrected chi connectivity index (χ0v) is 14.1. The highest BCUT2D eigenvalue weighted by Crippen LogP contribution is 2.22. The van der Waals surface area contributed by atoms with Crippen LogP contribution in [0.2, 0.25) is 0 Å². The van der Waals surface area contributed by atoms with Crippen molar-refractivity contribution in [2.45, 2.75) is 12.1 Å². The van der Waals surface area contributed by atoms with E-state index in [9.17, 15) is 14.7 Å². The monoisotopic (exact) mass is 357 g/mol. The Labute approximate surface area is 147 Å². The van der Waals surface area contributed by atoms with Gasteiger partial charge in [0.25, 0.3) is 11.5 Å². The molecule has 0 saturated carbocycles. The number of nitrogens with one attached hydrogen (secondary N) is 2. The van der Waals surface area contributed by atoms with Crippen LogP contribution in [0, 0.1) is 0 Å². The smallest absolute Gasteiger partial charge is 0.268 e. The topological polar surface area (TPSA) is 120 Å². The second-order valence-electron chi connectivity index (χ2n) is 5.05. The lowest BCUT2D eigenvalue weighted by molar-refractivity contribution is 0.102. The molecule has 3 rings (SSSR count). The summed E-state index contributed by atoms with van der Waals surface area (Å²) in [6.07, 6.45) is 1.90. The third-order valence-electron chi connectivity index (χ3n) is 3.37. The first-order valence-electron chi connectivity index (χ1n) is 7.54. The van der Waals surface area contributed by atoms with E-state index >= 15 is 0 Å². The largest absolute Gasteiger partial charge is 0.493 e. The molecule has 9 heteroatoms. The van der Waals surface area contributed by atoms with Crippen LogP contribution in [-0.4, -0.2) is 33.3 Å². The van der Waals surface area contributed by atoms with Crippen molar-refractivity contribution in [1.29, 1.82) is 0 Å². The van der Waals surface area contributed by atoms with Crippen molar-refractivity contribution >= 4 is 29.1 Å². The second-order valence-corrected chi connectivity index (χ2v) is 6.30. The van der Waals surface area contributed by atoms with E-state index in [2.05, 4.69) is 25.5 Å². The number of carbonyl (C=O) groups is 1. The lowest BCUT2D eigenvalue weighted by Gasteiger charge is -2.07. The Morgan fingerprint density at radius 1 is 1.36 bits per heavy atom. The van der Waals surface area contributed by atoms with Gasteiger partial charge in [-0.25, -0.2) is 0 Å². The molecule has 0 bridgehead atoms. The van der Waals surface area contributed by atoms with Crippen LogP contribution in [-0.2, 0) is 0 Å². The molecule has 1 amide bonds. The van der Waals surface area contributed by atoms with E-state index in [0.717, 1.165) is 11.3 Å². The molecule has 0 fully saturated rings. The minimum atomic E-state index is -0.730. The lowest BCUT2D eigenvalue weighted by Crippen LogP contribution is -2.24. The number of aromatic amines is 1. The second kappa shape index (κ2) is 7.31. The fourth-order valence-electron chi connectivity index (χ4n) is 2.23. The average molecular weight is 357 g/mol. The molecule has 3 N–H and O–H groups in total. The Balaban J connectivity index is 1.78. The molecule has 128 valence electrons. The SMILES string of the molecule is CCSc1nc(O)c(C(=O)Nc2ccc(C3=CCN=N3)cc2)c(=O)[nH]1. The van der Waals surface area contributed by atoms with Crippen molar-refractivity contribution in [2.24, 2.45) is 10.2 Å². The van der Waals surface area contributed by atoms with E-state index in [0.29, 0.717) is 18.0 Å². The van der Waals surface area contributed by atoms with Gasteiger partial charge in [0.2, 0.25) is 5.88 Å². The normalized spacial score (nSPS) is 12.9. The number of hydrogen-bond donors (Lipinski definition) is 3. The predicted molar refractivity (Wildman–Crippen MR) is 95.0 cm³/mol. The van der Waals surface area contributed by atoms with Crippen LogP contribution in [0.1, 0.15) is 22.8 Å². The van der Waals surface area contributed by atoms with Crippen molar-refractivity contribution in [3.8, 4) is 5.88 Å². The molecular formula is C16H15N5O3S. The van der Waals surface area contributed by atoms with Gasteiger partial charge in [-0.05, 0) is 24.0 Å². The highest BCUT2D eigenvalue weighted by Gasteiger charge is 2.19. The van der Waals surface area contributed by atoms with Crippen LogP contribution in [0.3, 0.4) is 0 Å². The summed E-state index contributed by atoms with van der Waals surface area (Å²) in [5, 5.41) is 20.6. The van der Waals surface area contributed by atoms with Crippen molar-refractivity contribution in [2.75, 3.05) is 17.6 Å². The number of hydrogen-bond acceptors (Lipinski definition) is 7. The van der Waals surface area contributed by atoms with E-state index in [1.807, 2.05) is 13.0 Å². The van der Waals surface area contributed by atoms with Crippen LogP contribution in [0.4, 0.5) is 5.69 Å². The quantitative estimate of drug-likeness (QED) is 0.561. The molecule has 8 nitrogen and oxygen atoms in total. The van der Waals surface area contributed by atoms with Crippen LogP contribution in [0.25, 0.3) is 5.70 Å². The van der Waals surface area contributed by atoms with Crippen molar-refractivity contribution in [3.05, 3.63) is 51.8 Å². The van der Waals surface area contributed by atoms with Crippen LogP contribution in [0.15, 0.2) is 50.5 Å². The molecule has 0 atom stereocenters. The average Bonchev–Trinajstić information content (AvgIpc) is 3.09. The summed E-state index contributed by atoms with van der Waals surface area (Å²) in [6.45, 7) is 2.45. The van der Waals surface area contributed by atoms with Crippen LogP contribution < -0.4 is 10.9 Å². The molecule has 1 aliphatic rings. The van der Waals surface area contributed by atoms with Gasteiger partial charge in [-0.15, -0.1) is 0 Å². The Morgan fingerprint density at radius 3 is 2.72 bits per heavy atom. The van der Waals surface area contributed by atoms with Gasteiger partial charge in [-0.2, -0.15) is 15.2 Å². The summed E-state index contributed by atoms with van der Waals surface area (Å²) in [4.78, 5) is 30.6. The lowest BCUT2D eigenvalue weighted by atomic mass is 10.1. The summed E-state index contributed by atoms with van der Waals surface area (Å²) >= 11 is 1.26. The third-order valence-corrected chi connectivity index (χ3v) is 4.13. The Bertz CT molecular complexity index is 918. The first-order valence-corrected chi connectivity index (χ1v) is 8.52. The van der Waals surface area contributed by atoms with E-state index in [1.54, 1.807) is 24.3 Å². The summed E-state index contributed by atoms with van der Waals surface area (Å²) < 4.78 is 0. The van der Waals surface area contributed by atoms with E-state index in [-0.39, 0.29) is 5.16 Å². The number of amides is 1. The molecule has 2 aromatic rings. The van der Waals surface area contributed by atoms with Gasteiger partial charge in [0, 0.05) is 11.3 Å². The zero-order chi connectivity index (χ0) is 17.8. The fourth-order valence-corrected chi connectivity index (χ4v) is 2.82. The molecule has 0 unspecified atom stereocenters. The molecule has 0 aliphatic carbocycles. The summed E-state index contributed by atoms with van der Waals surface area (Å²) in [5.41, 5.74) is 1.03. The molecule has 0 spiro atoms. The Kier molecular flexibility index (Phi) is 4.94. The highest BCUT2D eigenvalue weighted by atomic mass is 32.2. The van der Waals surface area contributed by atoms with Crippen molar-refractivity contribution < 1.29 is 9.90 Å². The number of anilines is 1. The first kappa shape index (κ1) is 16.9. The van der Waals surface area contributed by atoms with E-state index in [4.69, 9.17) is 0 Å². The highest BCUT2D eigenvalue weighted by molar-refractivity contribution is 7.99. The molecule has 1 aromatic carbocycles. The van der Waals surface area contributed by atoms with Gasteiger partial charge in [-0.1, -0.05) is 30.8 Å². The maximum Gasteiger partial charge on any atom is 0.268 e. The number of H-pyrrole nitrogens is 1. The minimum Gasteiger partial charge on any atom is -0.493 e. The summed E-state index contributed by atoms with van der Waals surface area (Å²) in [6, 6.07) is 6.94. The van der Waals surface area contributed by atoms with Crippen LogP contribution in [0.5, 0.6) is 5.88 Å². The third kappa shape index (κ3) is 3.77. The van der Waals surface area contributed by atoms with E-state index in [1.165, 1.54) is 11.8 Å². The number of nitrogens with zero attached hydrogens (tertiary/aromatic N) is 3. The Morgan fingerprint density at radius 2 is 2.12 bits per heavy atom. The maximum atomic E-state index is 12.3. The maximum absolute atomic E-state index is 12.3. The molecule has 25 heavy (non-hydrogen) atoms. The van der Waals surface area contributed by atoms with Gasteiger partial charge in [0.15, 0.2) is 10.7 Å². The summed E-state index contributed by atoms with van der Waals surface area (Å²) in [7, 11) is 0. The van der Waals surface area contributed by atoms with Gasteiger partial charge < -0.3 is 15.4 Å². The van der Waals surface area contributed by atoms with E-state index < -0.39 is 22.9 Å². The van der Waals surface area contributed by atoms with Crippen molar-refractivity contribution in [3.63, 3.8) is 0 Å². The number of aromatic hydroxyl groups is 1. The van der Waals surface area contributed by atoms with Gasteiger partial charge >= 0.3 is 0 Å². The molecule has 1 aromatic heterocycles. The number of aromatic nitrogens is 2. The zero-order valence-electron chi connectivity index (χ0n) is 13.3. The predicted octanol–water partition coefficient (Wildman–Crippen LogP) is 2.65. The summed E-state index contributed by atoms with van der Waals surface area (Å²) in [5.74, 6) is -0.645. The molecular weight excluding hydrogens is 342 g/mol. The van der Waals surface area contributed by atoms with Gasteiger partial charge in [-0.3, -0.25) is 9.59 Å². The number of thioether (sulfide) groups is 1. The van der Waals surface area contributed by atoms with Gasteiger partial charge in [0.05, 0.1) is 12.2 Å². The molecule has 1 aliphatic heterocycles. The molecule has 0 saturated heterocycles. The van der Waals surface area contributed by atoms with Gasteiger partial charge in [0.1, 0.15) is 0 Å². The minimum absolute atomic E-state index is 0.268. The number of rotatable bonds is 5. The Hall–Kier alpha value is -2.94. The molecule has 2 heterocycles. The van der Waals surface area contributed by atoms with Crippen LogP contribution >= 0.6 is 11.8 Å². The van der Waals surface area contributed by atoms with Crippen molar-refractivity contribution in [1.82, 2.24) is 9.97 Å². The fraction of sp³-hybridized carbons (Fsp3) is 0.188. The first-order chi connectivity index (χ1) is 12.1. The molecule has 0 radical (unpaired) electrons. The number of azo groups is 1.